The summed E-state index contributed by atoms with van der Waals surface area (Å²) < 4.78 is 11.8. The van der Waals surface area contributed by atoms with Gasteiger partial charge in [-0.2, -0.15) is 5.01 Å². The summed E-state index contributed by atoms with van der Waals surface area (Å²) >= 11 is 1.84. The average Bonchev–Trinajstić information content (AvgIpc) is 3.30. The Balaban J connectivity index is 1.33. The van der Waals surface area contributed by atoms with E-state index in [0.717, 1.165) is 54.8 Å². The van der Waals surface area contributed by atoms with Gasteiger partial charge in [0.05, 0.1) is 19.1 Å². The van der Waals surface area contributed by atoms with Gasteiger partial charge in [-0.1, -0.05) is 60.7 Å². The monoisotopic (exact) mass is 504 g/mol. The Labute approximate surface area is 219 Å². The highest BCUT2D eigenvalue weighted by atomic mass is 32.2. The zero-order chi connectivity index (χ0) is 25.0. The van der Waals surface area contributed by atoms with Crippen LogP contribution in [0.5, 0.6) is 11.5 Å². The van der Waals surface area contributed by atoms with E-state index in [1.807, 2.05) is 48.4 Å². The first-order valence-corrected chi connectivity index (χ1v) is 13.6. The van der Waals surface area contributed by atoms with Crippen LogP contribution >= 0.6 is 11.8 Å². The molecule has 0 bridgehead atoms. The van der Waals surface area contributed by atoms with Gasteiger partial charge in [-0.05, 0) is 55.9 Å². The van der Waals surface area contributed by atoms with Crippen LogP contribution in [0.15, 0.2) is 89.9 Å². The smallest absolute Gasteiger partial charge is 0.146 e. The van der Waals surface area contributed by atoms with Crippen LogP contribution in [0, 0.1) is 0 Å². The van der Waals surface area contributed by atoms with E-state index in [9.17, 15) is 0 Å². The fourth-order valence-electron chi connectivity index (χ4n) is 3.94. The number of hydrogen-bond acceptors (Lipinski definition) is 7. The normalized spacial score (nSPS) is 15.5. The Morgan fingerprint density at radius 2 is 1.50 bits per heavy atom. The number of aliphatic imine (C=N–C) groups is 1. The lowest BCUT2D eigenvalue weighted by Crippen LogP contribution is -2.38. The third-order valence-corrected chi connectivity index (χ3v) is 6.70. The number of nitrogens with zero attached hydrogens (tertiary/aromatic N) is 4. The molecule has 1 unspecified atom stereocenters. The Bertz CT molecular complexity index is 1050. The van der Waals surface area contributed by atoms with Gasteiger partial charge in [-0.3, -0.25) is 5.01 Å². The molecule has 1 aliphatic rings. The Morgan fingerprint density at radius 1 is 0.833 bits per heavy atom. The van der Waals surface area contributed by atoms with E-state index in [0.29, 0.717) is 6.61 Å². The van der Waals surface area contributed by atoms with Gasteiger partial charge in [-0.25, -0.2) is 4.99 Å². The first kappa shape index (κ1) is 26.1. The van der Waals surface area contributed by atoms with Crippen molar-refractivity contribution in [2.24, 2.45) is 4.99 Å². The standard InChI is InChI=1S/C29H36N4O2S/c1-31(2)18-9-19-34-28-16-14-26(15-17-28)29-30-23-32(33(29)22-25-10-5-3-6-11-25)24-36-21-20-35-27-12-7-4-8-13-27/h3-8,10-17,23,29H,9,18-22,24H2,1-2H3. The summed E-state index contributed by atoms with van der Waals surface area (Å²) in [7, 11) is 4.16. The maximum Gasteiger partial charge on any atom is 0.146 e. The van der Waals surface area contributed by atoms with Crippen molar-refractivity contribution in [1.29, 1.82) is 0 Å². The van der Waals surface area contributed by atoms with Gasteiger partial charge < -0.3 is 14.4 Å². The molecule has 0 saturated carbocycles. The lowest BCUT2D eigenvalue weighted by atomic mass is 10.1. The summed E-state index contributed by atoms with van der Waals surface area (Å²) in [5, 5.41) is 4.55. The molecule has 3 aromatic rings. The van der Waals surface area contributed by atoms with Crippen LogP contribution in [-0.2, 0) is 6.54 Å². The molecule has 190 valence electrons. The molecule has 36 heavy (non-hydrogen) atoms. The number of hydrazine groups is 1. The summed E-state index contributed by atoms with van der Waals surface area (Å²) in [6, 6.07) is 28.9. The molecule has 0 spiro atoms. The van der Waals surface area contributed by atoms with Gasteiger partial charge in [-0.15, -0.1) is 11.8 Å². The maximum absolute atomic E-state index is 5.92. The Morgan fingerprint density at radius 3 is 2.22 bits per heavy atom. The Hall–Kier alpha value is -3.00. The average molecular weight is 505 g/mol. The molecule has 1 aliphatic heterocycles. The minimum atomic E-state index is -0.0610. The molecule has 1 heterocycles. The SMILES string of the molecule is CN(C)CCCOc1ccc(C2N=CN(CSCCOc3ccccc3)N2Cc2ccccc2)cc1. The molecule has 0 fully saturated rings. The van der Waals surface area contributed by atoms with Crippen LogP contribution in [0.1, 0.15) is 23.7 Å². The van der Waals surface area contributed by atoms with Crippen LogP contribution < -0.4 is 9.47 Å². The number of thioether (sulfide) groups is 1. The van der Waals surface area contributed by atoms with E-state index >= 15 is 0 Å². The van der Waals surface area contributed by atoms with Crippen LogP contribution in [0.25, 0.3) is 0 Å². The second-order valence-corrected chi connectivity index (χ2v) is 10.0. The van der Waals surface area contributed by atoms with E-state index < -0.39 is 0 Å². The third-order valence-electron chi connectivity index (χ3n) is 5.80. The fourth-order valence-corrected chi connectivity index (χ4v) is 4.67. The van der Waals surface area contributed by atoms with Gasteiger partial charge in [0, 0.05) is 18.8 Å². The highest BCUT2D eigenvalue weighted by molar-refractivity contribution is 7.99. The molecular formula is C29H36N4O2S. The summed E-state index contributed by atoms with van der Waals surface area (Å²) in [5.74, 6) is 3.54. The molecular weight excluding hydrogens is 468 g/mol. The number of benzene rings is 3. The molecule has 4 rings (SSSR count). The Kier molecular flexibility index (Phi) is 10.1. The van der Waals surface area contributed by atoms with Crippen molar-refractivity contribution in [3.8, 4) is 11.5 Å². The number of hydrogen-bond donors (Lipinski definition) is 0. The van der Waals surface area contributed by atoms with E-state index in [4.69, 9.17) is 14.5 Å². The summed E-state index contributed by atoms with van der Waals surface area (Å²) in [6.07, 6.45) is 2.91. The molecule has 1 atom stereocenters. The van der Waals surface area contributed by atoms with Crippen molar-refractivity contribution in [2.45, 2.75) is 19.1 Å². The summed E-state index contributed by atoms with van der Waals surface area (Å²) in [6.45, 7) is 3.21. The second kappa shape index (κ2) is 13.9. The predicted octanol–water partition coefficient (Wildman–Crippen LogP) is 5.55. The fraction of sp³-hybridized carbons (Fsp3) is 0.345. The van der Waals surface area contributed by atoms with Crippen molar-refractivity contribution in [3.05, 3.63) is 96.1 Å². The summed E-state index contributed by atoms with van der Waals surface area (Å²) in [4.78, 5) is 7.04. The molecule has 0 N–H and O–H groups in total. The van der Waals surface area contributed by atoms with Crippen molar-refractivity contribution >= 4 is 18.1 Å². The number of ether oxygens (including phenoxy) is 2. The molecule has 0 saturated heterocycles. The highest BCUT2D eigenvalue weighted by Crippen LogP contribution is 2.31. The van der Waals surface area contributed by atoms with Crippen molar-refractivity contribution in [3.63, 3.8) is 0 Å². The molecule has 7 heteroatoms. The van der Waals surface area contributed by atoms with Crippen molar-refractivity contribution in [1.82, 2.24) is 14.9 Å². The predicted molar refractivity (Wildman–Crippen MR) is 149 cm³/mol. The topological polar surface area (TPSA) is 40.5 Å². The van der Waals surface area contributed by atoms with E-state index in [1.54, 1.807) is 0 Å². The lowest BCUT2D eigenvalue weighted by Gasteiger charge is -2.32. The molecule has 6 nitrogen and oxygen atoms in total. The van der Waals surface area contributed by atoms with Crippen LogP contribution in [0.2, 0.25) is 0 Å². The molecule has 0 aliphatic carbocycles. The van der Waals surface area contributed by atoms with Crippen LogP contribution in [0.4, 0.5) is 0 Å². The highest BCUT2D eigenvalue weighted by Gasteiger charge is 2.29. The first-order chi connectivity index (χ1) is 17.7. The minimum Gasteiger partial charge on any atom is -0.494 e. The molecule has 0 aromatic heterocycles. The van der Waals surface area contributed by atoms with E-state index in [2.05, 4.69) is 83.6 Å². The first-order valence-electron chi connectivity index (χ1n) is 12.4. The quantitative estimate of drug-likeness (QED) is 0.268. The van der Waals surface area contributed by atoms with Gasteiger partial charge in [0.1, 0.15) is 24.0 Å². The molecule has 0 radical (unpaired) electrons. The number of rotatable bonds is 14. The lowest BCUT2D eigenvalue weighted by molar-refractivity contribution is 0.0353. The van der Waals surface area contributed by atoms with E-state index in [-0.39, 0.29) is 6.17 Å². The molecule has 0 amide bonds. The van der Waals surface area contributed by atoms with Crippen molar-refractivity contribution in [2.75, 3.05) is 45.5 Å². The van der Waals surface area contributed by atoms with Gasteiger partial charge in [0.15, 0.2) is 0 Å². The zero-order valence-electron chi connectivity index (χ0n) is 21.2. The number of para-hydroxylation sites is 1. The summed E-state index contributed by atoms with van der Waals surface area (Å²) in [5.41, 5.74) is 2.42. The zero-order valence-corrected chi connectivity index (χ0v) is 22.0. The van der Waals surface area contributed by atoms with Gasteiger partial charge in [0.25, 0.3) is 0 Å². The van der Waals surface area contributed by atoms with Crippen LogP contribution in [-0.4, -0.2) is 66.7 Å². The van der Waals surface area contributed by atoms with Gasteiger partial charge in [0.2, 0.25) is 0 Å². The van der Waals surface area contributed by atoms with Gasteiger partial charge >= 0.3 is 0 Å². The second-order valence-electron chi connectivity index (χ2n) is 8.93. The van der Waals surface area contributed by atoms with Crippen molar-refractivity contribution < 1.29 is 9.47 Å². The largest absolute Gasteiger partial charge is 0.494 e. The molecule has 3 aromatic carbocycles. The maximum atomic E-state index is 5.92. The van der Waals surface area contributed by atoms with E-state index in [1.165, 1.54) is 5.56 Å². The minimum absolute atomic E-state index is 0.0610. The van der Waals surface area contributed by atoms with Crippen LogP contribution in [0.3, 0.4) is 0 Å². The third kappa shape index (κ3) is 8.01.